The Morgan fingerprint density at radius 3 is 1.29 bits per heavy atom. The number of hydrogen-bond acceptors (Lipinski definition) is 21. The van der Waals surface area contributed by atoms with Gasteiger partial charge in [0, 0.05) is 86.9 Å². The molecule has 0 aromatic rings. The van der Waals surface area contributed by atoms with Gasteiger partial charge >= 0.3 is 47.5 Å². The molecule has 8 saturated carbocycles. The number of nitrogens with zero attached hydrogens (tertiary/aromatic N) is 1. The number of carbonyl (C=O) groups is 10. The SMILES string of the molecule is CCN(CC)CC.C[C@H](CCC(=O)Cl)[C@H]1CCC2C3C(=O)CC4CC(=O)CC[C@]4(C)C3CC(=O)[C@@]21C.C[C@H](CCC(=O)OCCOC(=O)CS(=O)(=O)[O-])[C@H]1CCC2C3C(=O)CC4CC(=O)CC[C@]4(C)C3CC(=O)[C@@]21C.O=C(CS(=O)(=O)[O-])OCCO.[Na+]. The second kappa shape index (κ2) is 32.1. The molecule has 25 heteroatoms. The Kier molecular flexibility index (Phi) is 28.3. The van der Waals surface area contributed by atoms with Gasteiger partial charge in [-0.2, -0.15) is 0 Å². The van der Waals surface area contributed by atoms with Gasteiger partial charge in [0.15, 0.2) is 0 Å². The van der Waals surface area contributed by atoms with Crippen LogP contribution in [0, 0.1) is 92.7 Å². The normalized spacial score (nSPS) is 33.9. The van der Waals surface area contributed by atoms with Crippen molar-refractivity contribution in [2.75, 3.05) is 57.6 Å². The Bertz CT molecular complexity index is 2750. The van der Waals surface area contributed by atoms with E-state index in [0.717, 1.165) is 38.5 Å². The molecule has 87 heavy (non-hydrogen) atoms. The van der Waals surface area contributed by atoms with E-state index in [2.05, 4.69) is 62.8 Å². The van der Waals surface area contributed by atoms with E-state index in [1.54, 1.807) is 0 Å². The van der Waals surface area contributed by atoms with Gasteiger partial charge in [-0.3, -0.25) is 47.9 Å². The average molecular weight is 1300 g/mol. The molecule has 0 bridgehead atoms. The van der Waals surface area contributed by atoms with Crippen LogP contribution in [0.1, 0.15) is 178 Å². The molecule has 0 aromatic carbocycles. The number of hydrogen-bond donors (Lipinski definition) is 1. The maximum Gasteiger partial charge on any atom is 1.00 e. The van der Waals surface area contributed by atoms with Gasteiger partial charge in [-0.25, -0.2) is 16.8 Å². The summed E-state index contributed by atoms with van der Waals surface area (Å²) in [6, 6.07) is 0. The summed E-state index contributed by atoms with van der Waals surface area (Å²) >= 11 is 5.56. The van der Waals surface area contributed by atoms with Gasteiger partial charge in [0.25, 0.3) is 0 Å². The van der Waals surface area contributed by atoms with E-state index in [4.69, 9.17) is 21.4 Å². The average Bonchev–Trinajstić information content (AvgIpc) is 1.70. The molecule has 0 aromatic heterocycles. The Morgan fingerprint density at radius 2 is 0.943 bits per heavy atom. The largest absolute Gasteiger partial charge is 1.00 e. The molecule has 0 aliphatic heterocycles. The summed E-state index contributed by atoms with van der Waals surface area (Å²) < 4.78 is 75.0. The number of esters is 3. The molecule has 1 N–H and O–H groups in total. The number of fused-ring (bicyclic) bond motifs is 10. The molecule has 16 atom stereocenters. The molecule has 0 heterocycles. The fourth-order valence-corrected chi connectivity index (χ4v) is 18.3. The number of ketones is 6. The fraction of sp³-hybridized carbons (Fsp3) is 0.839. The summed E-state index contributed by atoms with van der Waals surface area (Å²) in [7, 11) is -9.29. The van der Waals surface area contributed by atoms with Crippen molar-refractivity contribution >= 4 is 89.7 Å². The van der Waals surface area contributed by atoms with Crippen molar-refractivity contribution in [1.29, 1.82) is 0 Å². The summed E-state index contributed by atoms with van der Waals surface area (Å²) in [4.78, 5) is 126. The van der Waals surface area contributed by atoms with Gasteiger partial charge in [-0.1, -0.05) is 62.3 Å². The summed E-state index contributed by atoms with van der Waals surface area (Å²) in [6.45, 7) is 21.5. The summed E-state index contributed by atoms with van der Waals surface area (Å²) in [5, 5.41) is 7.79. The number of carbonyl (C=O) groups excluding carboxylic acids is 10. The van der Waals surface area contributed by atoms with Crippen LogP contribution in [0.5, 0.6) is 0 Å². The van der Waals surface area contributed by atoms with Gasteiger partial charge in [-0.05, 0) is 153 Å². The number of aliphatic hydroxyl groups excluding tert-OH is 1. The number of ether oxygens (including phenoxy) is 3. The molecular formula is C62H94ClNNaO20S2-. The molecule has 8 aliphatic carbocycles. The van der Waals surface area contributed by atoms with Crippen LogP contribution >= 0.6 is 11.6 Å². The Labute approximate surface area is 541 Å². The third-order valence-corrected chi connectivity index (χ3v) is 23.7. The van der Waals surface area contributed by atoms with Crippen molar-refractivity contribution < 1.29 is 123 Å². The predicted molar refractivity (Wildman–Crippen MR) is 312 cm³/mol. The minimum absolute atomic E-state index is 0. The smallest absolute Gasteiger partial charge is 0.748 e. The molecule has 8 aliphatic rings. The summed E-state index contributed by atoms with van der Waals surface area (Å²) in [6.07, 6.45) is 10.6. The van der Waals surface area contributed by atoms with Gasteiger partial charge < -0.3 is 33.3 Å². The molecule has 8 unspecified atom stereocenters. The van der Waals surface area contributed by atoms with Crippen LogP contribution < -0.4 is 29.6 Å². The zero-order valence-corrected chi connectivity index (χ0v) is 57.3. The van der Waals surface area contributed by atoms with Crippen molar-refractivity contribution in [3.63, 3.8) is 0 Å². The molecule has 8 fully saturated rings. The van der Waals surface area contributed by atoms with Crippen molar-refractivity contribution in [3.05, 3.63) is 0 Å². The Balaban J connectivity index is 0.000000294. The quantitative estimate of drug-likeness (QED) is 0.0452. The van der Waals surface area contributed by atoms with Crippen molar-refractivity contribution in [1.82, 2.24) is 4.90 Å². The van der Waals surface area contributed by atoms with Gasteiger partial charge in [-0.15, -0.1) is 0 Å². The molecule has 21 nitrogen and oxygen atoms in total. The first-order valence-corrected chi connectivity index (χ1v) is 34.6. The molecule has 0 spiro atoms. The predicted octanol–water partition coefficient (Wildman–Crippen LogP) is 3.79. The van der Waals surface area contributed by atoms with E-state index in [-0.39, 0.29) is 166 Å². The van der Waals surface area contributed by atoms with Crippen molar-refractivity contribution in [2.45, 2.75) is 178 Å². The molecule has 488 valence electrons. The second-order valence-electron chi connectivity index (χ2n) is 26.7. The minimum Gasteiger partial charge on any atom is -0.748 e. The standard InChI is InChI=1S/C28H40O10S.C24H33ClO4.C6H15N.C4H8O6S.Na/c1-16(4-7-24(32)37-10-11-38-25(33)15-39(34,35)36)19-5-6-20-26-21(14-23(31)28(19,20)3)27(2)9-8-18(29)12-17(27)13-22(26)30;1-13(4-7-21(25)29)16-5-6-17-22-18(12-20(28)24(16,17)3)23(2)9-8-15(26)10-14(23)11-19(22)27;1-4-7(5-2)6-3;5-1-2-10-4(6)3-11(7,8)9;/h16-17,19-21,26H,4-15H2,1-3H3,(H,34,35,36);13-14,16-18,22H,4-12H2,1-3H3;4-6H2,1-3H3;5H,1-3H2,(H,7,8,9);/q;;;;+1/p-2/t16-,17?,19-,20?,21?,26?,27+,28-;13-,14?,16-,17?,18?,22?,23+,24-;;;/m11.../s1. The van der Waals surface area contributed by atoms with Crippen LogP contribution in [0.4, 0.5) is 0 Å². The Morgan fingerprint density at radius 1 is 0.575 bits per heavy atom. The number of aliphatic hydroxyl groups is 1. The van der Waals surface area contributed by atoms with Crippen molar-refractivity contribution in [2.24, 2.45) is 92.7 Å². The van der Waals surface area contributed by atoms with Crippen LogP contribution in [0.3, 0.4) is 0 Å². The zero-order valence-electron chi connectivity index (χ0n) is 52.9. The van der Waals surface area contributed by atoms with Crippen LogP contribution in [-0.2, 0) is 82.4 Å². The van der Waals surface area contributed by atoms with Crippen LogP contribution in [0.25, 0.3) is 0 Å². The zero-order chi connectivity index (χ0) is 64.5. The monoisotopic (exact) mass is 1290 g/mol. The van der Waals surface area contributed by atoms with E-state index < -0.39 is 67.1 Å². The minimum atomic E-state index is -4.73. The molecule has 8 rings (SSSR count). The van der Waals surface area contributed by atoms with E-state index in [9.17, 15) is 73.9 Å². The fourth-order valence-electron chi connectivity index (χ4n) is 17.5. The maximum absolute atomic E-state index is 13.8. The summed E-state index contributed by atoms with van der Waals surface area (Å²) in [5.74, 6) is -3.12. The second-order valence-corrected chi connectivity index (χ2v) is 29.9. The maximum atomic E-state index is 13.8. The first-order valence-electron chi connectivity index (χ1n) is 31.1. The molecule has 0 radical (unpaired) electrons. The summed E-state index contributed by atoms with van der Waals surface area (Å²) in [5.41, 5.74) is -1.32. The number of Topliss-reactive ketones (excluding diaryl/α,β-unsaturated/α-hetero) is 6. The van der Waals surface area contributed by atoms with Crippen LogP contribution in [0.15, 0.2) is 0 Å². The number of halogens is 1. The van der Waals surface area contributed by atoms with Crippen LogP contribution in [0.2, 0.25) is 0 Å². The van der Waals surface area contributed by atoms with Gasteiger partial charge in [0.1, 0.15) is 86.3 Å². The first kappa shape index (κ1) is 76.6. The third kappa shape index (κ3) is 18.5. The van der Waals surface area contributed by atoms with E-state index >= 15 is 0 Å². The third-order valence-electron chi connectivity index (χ3n) is 22.3. The number of rotatable bonds is 20. The first-order chi connectivity index (χ1) is 40.0. The van der Waals surface area contributed by atoms with E-state index in [1.807, 2.05) is 13.8 Å². The molecular weight excluding hydrogens is 1200 g/mol. The van der Waals surface area contributed by atoms with E-state index in [0.29, 0.717) is 82.2 Å². The molecule has 0 amide bonds. The van der Waals surface area contributed by atoms with Gasteiger partial charge in [0.05, 0.1) is 6.61 Å². The Hall–Kier alpha value is -2.87. The van der Waals surface area contributed by atoms with Crippen LogP contribution in [-0.4, -0.2) is 151 Å². The van der Waals surface area contributed by atoms with Gasteiger partial charge in [0.2, 0.25) is 5.24 Å². The van der Waals surface area contributed by atoms with Crippen molar-refractivity contribution in [3.8, 4) is 0 Å². The molecule has 0 saturated heterocycles. The topological polar surface area (TPSA) is 336 Å². The van der Waals surface area contributed by atoms with E-state index in [1.165, 1.54) is 19.6 Å².